The number of hydrogen-bond donors (Lipinski definition) is 4. The highest BCUT2D eigenvalue weighted by Gasteiger charge is 2.68. The Labute approximate surface area is 367 Å². The number of aromatic nitrogens is 1. The molecule has 4 N–H and O–H groups in total. The van der Waals surface area contributed by atoms with E-state index in [9.17, 15) is 27.6 Å². The number of anilines is 1. The number of nitrogens with one attached hydrogen (secondary N) is 4. The van der Waals surface area contributed by atoms with Gasteiger partial charge in [0.15, 0.2) is 5.13 Å². The maximum Gasteiger partial charge on any atom is 0.482 e. The van der Waals surface area contributed by atoms with Crippen molar-refractivity contribution in [1.29, 1.82) is 0 Å². The Hall–Kier alpha value is -4.76. The number of para-hydroxylation sites is 1. The van der Waals surface area contributed by atoms with E-state index in [-0.39, 0.29) is 52.6 Å². The van der Waals surface area contributed by atoms with Gasteiger partial charge in [0.2, 0.25) is 5.91 Å². The minimum Gasteiger partial charge on any atom is -0.496 e. The molecule has 4 aliphatic rings. The van der Waals surface area contributed by atoms with Crippen molar-refractivity contribution in [2.24, 2.45) is 17.3 Å². The molecule has 0 radical (unpaired) electrons. The van der Waals surface area contributed by atoms with Crippen LogP contribution in [-0.4, -0.2) is 80.5 Å². The van der Waals surface area contributed by atoms with E-state index in [1.54, 1.807) is 88.7 Å². The Balaban J connectivity index is 1.32. The van der Waals surface area contributed by atoms with Crippen molar-refractivity contribution in [2.45, 2.75) is 123 Å². The molecule has 1 aliphatic heterocycles. The van der Waals surface area contributed by atoms with Gasteiger partial charge >= 0.3 is 35.5 Å². The number of thiazole rings is 1. The van der Waals surface area contributed by atoms with Crippen LogP contribution in [0.1, 0.15) is 108 Å². The van der Waals surface area contributed by atoms with Gasteiger partial charge in [0.1, 0.15) is 35.2 Å². The zero-order chi connectivity index (χ0) is 45.4. The molecule has 17 nitrogen and oxygen atoms in total. The molecule has 3 aliphatic carbocycles. The quantitative estimate of drug-likeness (QED) is 0.0800. The zero-order valence-corrected chi connectivity index (χ0v) is 38.3. The molecule has 0 spiro atoms. The third-order valence-corrected chi connectivity index (χ3v) is 13.1. The predicted molar refractivity (Wildman–Crippen MR) is 230 cm³/mol. The first kappa shape index (κ1) is 46.7. The monoisotopic (exact) mass is 897 g/mol. The molecule has 3 unspecified atom stereocenters. The highest BCUT2D eigenvalue weighted by Crippen LogP contribution is 2.65. The van der Waals surface area contributed by atoms with Crippen molar-refractivity contribution >= 4 is 57.9 Å². The summed E-state index contributed by atoms with van der Waals surface area (Å²) in [5.41, 5.74) is -1.26. The van der Waals surface area contributed by atoms with Crippen molar-refractivity contribution in [1.82, 2.24) is 19.7 Å². The number of ether oxygens (including phenoxy) is 4. The van der Waals surface area contributed by atoms with Crippen LogP contribution in [0.15, 0.2) is 53.9 Å². The van der Waals surface area contributed by atoms with Gasteiger partial charge in [-0.15, -0.1) is 11.3 Å². The fourth-order valence-corrected chi connectivity index (χ4v) is 10.0. The standard InChI is InChI=1S/C42H56BN5O12S2/c1-39(2,3)57-35(50)27-18-14-17-25(33(27)55-10)19-31(43-59-30-21-26-20-29(41(26,7)8)42(30,9)60-43)45-34(49)32(47-62(53,54)48-38(52)58-40(4,5)6)28-23-61-36(44-28)46-37(51)56-22-24-15-12-11-13-16-24/h11-18,23,26,29-32,47H,19-22H2,1-10H3,(H,45,49)(H,48,52)(H,44,46,51)/t26-,29+,30?,31?,32?,42+/m1/s1. The van der Waals surface area contributed by atoms with Crippen molar-refractivity contribution in [3.63, 3.8) is 0 Å². The molecule has 3 amide bonds. The first-order chi connectivity index (χ1) is 28.9. The van der Waals surface area contributed by atoms with E-state index in [0.717, 1.165) is 29.7 Å². The van der Waals surface area contributed by atoms with E-state index >= 15 is 0 Å². The van der Waals surface area contributed by atoms with Gasteiger partial charge in [-0.3, -0.25) is 10.1 Å². The fraction of sp³-hybridized carbons (Fsp3) is 0.548. The summed E-state index contributed by atoms with van der Waals surface area (Å²) < 4.78 is 66.5. The summed E-state index contributed by atoms with van der Waals surface area (Å²) in [5, 5.41) is 6.83. The van der Waals surface area contributed by atoms with Gasteiger partial charge in [-0.05, 0) is 102 Å². The summed E-state index contributed by atoms with van der Waals surface area (Å²) in [6, 6.07) is 12.2. The smallest absolute Gasteiger partial charge is 0.482 e. The lowest BCUT2D eigenvalue weighted by atomic mass is 9.43. The van der Waals surface area contributed by atoms with E-state index < -0.39 is 70.2 Å². The summed E-state index contributed by atoms with van der Waals surface area (Å²) in [5.74, 6) is -1.74. The Bertz CT molecular complexity index is 2260. The average Bonchev–Trinajstić information content (AvgIpc) is 3.78. The van der Waals surface area contributed by atoms with E-state index in [2.05, 4.69) is 34.2 Å². The van der Waals surface area contributed by atoms with Crippen LogP contribution in [0, 0.1) is 17.3 Å². The van der Waals surface area contributed by atoms with Crippen LogP contribution in [-0.2, 0) is 51.6 Å². The molecular weight excluding hydrogens is 841 g/mol. The van der Waals surface area contributed by atoms with Crippen molar-refractivity contribution in [2.75, 3.05) is 12.4 Å². The number of esters is 1. The summed E-state index contributed by atoms with van der Waals surface area (Å²) >= 11 is 0.911. The van der Waals surface area contributed by atoms with Gasteiger partial charge in [0.25, 0.3) is 0 Å². The number of methoxy groups -OCH3 is 1. The Morgan fingerprint density at radius 3 is 2.29 bits per heavy atom. The van der Waals surface area contributed by atoms with Crippen LogP contribution in [0.3, 0.4) is 0 Å². The Kier molecular flexibility index (Phi) is 13.4. The van der Waals surface area contributed by atoms with E-state index in [1.807, 2.05) is 13.0 Å². The molecule has 2 bridgehead atoms. The minimum absolute atomic E-state index is 0.00204. The minimum atomic E-state index is -4.81. The van der Waals surface area contributed by atoms with Crippen molar-refractivity contribution < 1.29 is 55.9 Å². The van der Waals surface area contributed by atoms with Gasteiger partial charge < -0.3 is 33.6 Å². The number of carbonyl (C=O) groups is 4. The lowest BCUT2D eigenvalue weighted by Crippen LogP contribution is -2.65. The molecule has 1 aromatic heterocycles. The van der Waals surface area contributed by atoms with E-state index in [1.165, 1.54) is 12.5 Å². The second-order valence-corrected chi connectivity index (χ2v) is 20.9. The number of rotatable bonds is 14. The van der Waals surface area contributed by atoms with Gasteiger partial charge in [-0.25, -0.2) is 24.1 Å². The largest absolute Gasteiger partial charge is 0.496 e. The molecule has 2 heterocycles. The molecule has 3 saturated carbocycles. The second-order valence-electron chi connectivity index (χ2n) is 18.6. The first-order valence-corrected chi connectivity index (χ1v) is 22.7. The molecule has 7 rings (SSSR count). The van der Waals surface area contributed by atoms with Gasteiger partial charge in [-0.2, -0.15) is 13.1 Å². The summed E-state index contributed by atoms with van der Waals surface area (Å²) in [4.78, 5) is 57.8. The lowest BCUT2D eigenvalue weighted by molar-refractivity contribution is -0.199. The topological polar surface area (TPSA) is 219 Å². The Morgan fingerprint density at radius 1 is 0.952 bits per heavy atom. The molecule has 1 saturated heterocycles. The zero-order valence-electron chi connectivity index (χ0n) is 36.7. The van der Waals surface area contributed by atoms with Crippen LogP contribution >= 0.6 is 11.3 Å². The molecule has 20 heteroatoms. The molecule has 336 valence electrons. The number of hydrogen-bond acceptors (Lipinski definition) is 14. The van der Waals surface area contributed by atoms with E-state index in [0.29, 0.717) is 11.5 Å². The first-order valence-electron chi connectivity index (χ1n) is 20.4. The fourth-order valence-electron chi connectivity index (χ4n) is 8.43. The normalized spacial score (nSPS) is 22.5. The highest BCUT2D eigenvalue weighted by atomic mass is 32.2. The van der Waals surface area contributed by atoms with Crippen molar-refractivity contribution in [3.8, 4) is 5.75 Å². The van der Waals surface area contributed by atoms with Gasteiger partial charge in [-0.1, -0.05) is 56.3 Å². The number of benzene rings is 2. The number of carbonyl (C=O) groups excluding carboxylic acids is 4. The average molecular weight is 898 g/mol. The van der Waals surface area contributed by atoms with Crippen LogP contribution in [0.4, 0.5) is 14.7 Å². The van der Waals surface area contributed by atoms with Crippen LogP contribution in [0.25, 0.3) is 0 Å². The molecule has 2 aromatic carbocycles. The summed E-state index contributed by atoms with van der Waals surface area (Å²) in [6.07, 6.45) is -0.713. The second kappa shape index (κ2) is 17.8. The molecule has 3 aromatic rings. The van der Waals surface area contributed by atoms with Crippen LogP contribution in [0.5, 0.6) is 5.75 Å². The molecule has 62 heavy (non-hydrogen) atoms. The van der Waals surface area contributed by atoms with Gasteiger partial charge in [0, 0.05) is 5.38 Å². The van der Waals surface area contributed by atoms with Crippen molar-refractivity contribution in [3.05, 3.63) is 76.3 Å². The maximum atomic E-state index is 14.7. The third kappa shape index (κ3) is 10.9. The van der Waals surface area contributed by atoms with Crippen LogP contribution < -0.4 is 24.8 Å². The Morgan fingerprint density at radius 2 is 1.65 bits per heavy atom. The summed E-state index contributed by atoms with van der Waals surface area (Å²) in [6.45, 7) is 16.4. The van der Waals surface area contributed by atoms with Gasteiger partial charge in [0.05, 0.1) is 30.4 Å². The molecule has 6 atom stereocenters. The SMILES string of the molecule is COc1c(CC(NC(=O)C(NS(=O)(=O)NC(=O)OC(C)(C)C)c2csc(NC(=O)OCc3ccccc3)n2)B2OC3C[C@H]4C[C@@H](C4(C)C)[C@]3(C)O2)cccc1C(=O)OC(C)(C)C. The number of nitrogens with zero attached hydrogens (tertiary/aromatic N) is 1. The highest BCUT2D eigenvalue weighted by molar-refractivity contribution is 7.88. The molecular formula is C42H56BN5O12S2. The summed E-state index contributed by atoms with van der Waals surface area (Å²) in [7, 11) is -4.43. The molecule has 4 fully saturated rings. The number of amides is 3. The third-order valence-electron chi connectivity index (χ3n) is 11.4. The van der Waals surface area contributed by atoms with Crippen LogP contribution in [0.2, 0.25) is 0 Å². The lowest BCUT2D eigenvalue weighted by Gasteiger charge is -2.64. The maximum absolute atomic E-state index is 14.7. The van der Waals surface area contributed by atoms with E-state index in [4.69, 9.17) is 28.3 Å². The predicted octanol–water partition coefficient (Wildman–Crippen LogP) is 6.25.